The number of carbonyl (C=O) groups is 2. The van der Waals surface area contributed by atoms with Crippen LogP contribution in [-0.2, 0) is 22.6 Å². The van der Waals surface area contributed by atoms with Gasteiger partial charge >= 0.3 is 12.1 Å². The quantitative estimate of drug-likeness (QED) is 0.511. The van der Waals surface area contributed by atoms with Gasteiger partial charge < -0.3 is 15.2 Å². The first-order valence-electron chi connectivity index (χ1n) is 10.1. The molecule has 5 heteroatoms. The fourth-order valence-electron chi connectivity index (χ4n) is 3.24. The van der Waals surface area contributed by atoms with Crippen molar-refractivity contribution in [2.75, 3.05) is 0 Å². The summed E-state index contributed by atoms with van der Waals surface area (Å²) in [6, 6.07) is 28.1. The molecule has 0 saturated carbocycles. The Hall–Kier alpha value is -3.86. The number of ether oxygens (including phenoxy) is 1. The minimum absolute atomic E-state index is 0.0631. The number of hydrogen-bond acceptors (Lipinski definition) is 3. The van der Waals surface area contributed by atoms with Gasteiger partial charge in [-0.3, -0.25) is 0 Å². The summed E-state index contributed by atoms with van der Waals surface area (Å²) in [4.78, 5) is 24.9. The van der Waals surface area contributed by atoms with Crippen molar-refractivity contribution < 1.29 is 19.4 Å². The Morgan fingerprint density at radius 3 is 1.97 bits per heavy atom. The van der Waals surface area contributed by atoms with Gasteiger partial charge in [-0.1, -0.05) is 103 Å². The van der Waals surface area contributed by atoms with Gasteiger partial charge in [-0.25, -0.2) is 9.59 Å². The topological polar surface area (TPSA) is 75.6 Å². The molecular formula is C26H25NO4. The summed E-state index contributed by atoms with van der Waals surface area (Å²) in [5, 5.41) is 12.7. The molecule has 0 aliphatic rings. The maximum Gasteiger partial charge on any atom is 0.408 e. The first kappa shape index (κ1) is 21.8. The van der Waals surface area contributed by atoms with Gasteiger partial charge in [0.25, 0.3) is 0 Å². The summed E-state index contributed by atoms with van der Waals surface area (Å²) in [5.74, 6) is -1.12. The highest BCUT2D eigenvalue weighted by atomic mass is 16.5. The molecule has 3 aromatic carbocycles. The van der Waals surface area contributed by atoms with E-state index in [4.69, 9.17) is 4.74 Å². The molecule has 0 unspecified atom stereocenters. The summed E-state index contributed by atoms with van der Waals surface area (Å²) in [5.41, 5.74) is 1.04. The third-order valence-electron chi connectivity index (χ3n) is 4.89. The zero-order valence-electron chi connectivity index (χ0n) is 17.1. The predicted molar refractivity (Wildman–Crippen MR) is 120 cm³/mol. The molecule has 0 radical (unpaired) electrons. The number of carboxylic acid groups (broad SMARTS) is 1. The lowest BCUT2D eigenvalue weighted by Gasteiger charge is -2.29. The number of nitrogens with one attached hydrogen (secondary N) is 1. The molecule has 0 aromatic heterocycles. The molecule has 0 aliphatic carbocycles. The predicted octanol–water partition coefficient (Wildman–Crippen LogP) is 5.08. The molecule has 0 spiro atoms. The lowest BCUT2D eigenvalue weighted by atomic mass is 9.87. The van der Waals surface area contributed by atoms with E-state index in [2.05, 4.69) is 5.32 Å². The molecule has 1 amide bonds. The van der Waals surface area contributed by atoms with E-state index in [1.165, 1.54) is 0 Å². The molecule has 0 heterocycles. The number of carboxylic acids is 1. The summed E-state index contributed by atoms with van der Waals surface area (Å²) >= 11 is 0. The first-order chi connectivity index (χ1) is 15.1. The number of rotatable bonds is 9. The Labute approximate surface area is 182 Å². The molecule has 31 heavy (non-hydrogen) atoms. The van der Waals surface area contributed by atoms with Gasteiger partial charge in [0.1, 0.15) is 12.1 Å². The van der Waals surface area contributed by atoms with Crippen LogP contribution < -0.4 is 5.32 Å². The highest BCUT2D eigenvalue weighted by Gasteiger charge is 2.40. The second-order valence-electron chi connectivity index (χ2n) is 7.25. The highest BCUT2D eigenvalue weighted by Crippen LogP contribution is 2.21. The third-order valence-corrected chi connectivity index (χ3v) is 4.89. The average molecular weight is 415 g/mol. The van der Waals surface area contributed by atoms with Crippen LogP contribution in [-0.4, -0.2) is 22.7 Å². The van der Waals surface area contributed by atoms with Gasteiger partial charge in [-0.2, -0.15) is 0 Å². The molecule has 5 nitrogen and oxygen atoms in total. The van der Waals surface area contributed by atoms with Gasteiger partial charge in [0, 0.05) is 6.42 Å². The number of hydrogen-bond donors (Lipinski definition) is 2. The monoisotopic (exact) mass is 415 g/mol. The second kappa shape index (κ2) is 10.8. The lowest BCUT2D eigenvalue weighted by Crippen LogP contribution is -2.56. The molecular weight excluding hydrogens is 390 g/mol. The van der Waals surface area contributed by atoms with Gasteiger partial charge in [0.2, 0.25) is 0 Å². The number of carbonyl (C=O) groups excluding carboxylic acids is 1. The molecule has 1 atom stereocenters. The van der Waals surface area contributed by atoms with Crippen molar-refractivity contribution in [2.45, 2.75) is 25.0 Å². The summed E-state index contributed by atoms with van der Waals surface area (Å²) in [6.45, 7) is 0.0631. The Morgan fingerprint density at radius 2 is 1.39 bits per heavy atom. The molecule has 0 aliphatic heterocycles. The van der Waals surface area contributed by atoms with Crippen LogP contribution in [0.3, 0.4) is 0 Å². The van der Waals surface area contributed by atoms with E-state index in [0.29, 0.717) is 0 Å². The van der Waals surface area contributed by atoms with Crippen LogP contribution in [0.2, 0.25) is 0 Å². The van der Waals surface area contributed by atoms with Gasteiger partial charge in [0.15, 0.2) is 0 Å². The van der Waals surface area contributed by atoms with E-state index < -0.39 is 17.6 Å². The SMILES string of the molecule is O=C(N[C@@](C/C=C/c1ccccc1)(Cc1ccccc1)C(=O)O)OCc1ccccc1. The molecule has 158 valence electrons. The van der Waals surface area contributed by atoms with E-state index in [1.807, 2.05) is 97.1 Å². The minimum Gasteiger partial charge on any atom is -0.479 e. The van der Waals surface area contributed by atoms with Crippen molar-refractivity contribution in [3.8, 4) is 0 Å². The van der Waals surface area contributed by atoms with Crippen LogP contribution in [0, 0.1) is 0 Å². The van der Waals surface area contributed by atoms with E-state index in [9.17, 15) is 14.7 Å². The molecule has 3 aromatic rings. The summed E-state index contributed by atoms with van der Waals surface area (Å²) in [7, 11) is 0. The average Bonchev–Trinajstić information content (AvgIpc) is 2.79. The normalized spacial score (nSPS) is 12.8. The summed E-state index contributed by atoms with van der Waals surface area (Å²) in [6.07, 6.45) is 3.08. The number of aliphatic carboxylic acids is 1. The molecule has 0 saturated heterocycles. The van der Waals surface area contributed by atoms with Crippen LogP contribution in [0.15, 0.2) is 97.1 Å². The second-order valence-corrected chi connectivity index (χ2v) is 7.25. The van der Waals surface area contributed by atoms with Crippen molar-refractivity contribution in [3.05, 3.63) is 114 Å². The Morgan fingerprint density at radius 1 is 0.839 bits per heavy atom. The molecule has 2 N–H and O–H groups in total. The maximum atomic E-state index is 12.5. The van der Waals surface area contributed by atoms with Crippen LogP contribution in [0.1, 0.15) is 23.1 Å². The first-order valence-corrected chi connectivity index (χ1v) is 10.1. The highest BCUT2D eigenvalue weighted by molar-refractivity contribution is 5.85. The molecule has 0 bridgehead atoms. The Balaban J connectivity index is 1.78. The van der Waals surface area contributed by atoms with Crippen LogP contribution in [0.5, 0.6) is 0 Å². The molecule has 0 fully saturated rings. The van der Waals surface area contributed by atoms with Crippen molar-refractivity contribution in [2.24, 2.45) is 0 Å². The number of benzene rings is 3. The number of alkyl carbamates (subject to hydrolysis) is 1. The van der Waals surface area contributed by atoms with E-state index >= 15 is 0 Å². The number of amides is 1. The Bertz CT molecular complexity index is 1000. The van der Waals surface area contributed by atoms with E-state index in [-0.39, 0.29) is 19.4 Å². The van der Waals surface area contributed by atoms with E-state index in [1.54, 1.807) is 6.08 Å². The lowest BCUT2D eigenvalue weighted by molar-refractivity contribution is -0.144. The van der Waals surface area contributed by atoms with Gasteiger partial charge in [0.05, 0.1) is 0 Å². The Kier molecular flexibility index (Phi) is 7.60. The third kappa shape index (κ3) is 6.57. The summed E-state index contributed by atoms with van der Waals surface area (Å²) < 4.78 is 5.30. The standard InChI is InChI=1S/C26H25NO4/c28-24(29)26(19-22-13-6-2-7-14-22,18-10-17-21-11-4-1-5-12-21)27-25(30)31-20-23-15-8-3-9-16-23/h1-17H,18-20H2,(H,27,30)(H,28,29)/b17-10+/t26-/m0/s1. The van der Waals surface area contributed by atoms with Crippen molar-refractivity contribution >= 4 is 18.1 Å². The zero-order valence-corrected chi connectivity index (χ0v) is 17.1. The fraction of sp³-hybridized carbons (Fsp3) is 0.154. The molecule has 3 rings (SSSR count). The van der Waals surface area contributed by atoms with Crippen LogP contribution in [0.4, 0.5) is 4.79 Å². The minimum atomic E-state index is -1.54. The zero-order chi connectivity index (χ0) is 21.9. The van der Waals surface area contributed by atoms with Crippen molar-refractivity contribution in [3.63, 3.8) is 0 Å². The van der Waals surface area contributed by atoms with Crippen LogP contribution >= 0.6 is 0 Å². The fourth-order valence-corrected chi connectivity index (χ4v) is 3.24. The van der Waals surface area contributed by atoms with Gasteiger partial charge in [-0.15, -0.1) is 0 Å². The van der Waals surface area contributed by atoms with Gasteiger partial charge in [-0.05, 0) is 23.1 Å². The van der Waals surface area contributed by atoms with Crippen molar-refractivity contribution in [1.29, 1.82) is 0 Å². The largest absolute Gasteiger partial charge is 0.479 e. The maximum absolute atomic E-state index is 12.5. The smallest absolute Gasteiger partial charge is 0.408 e. The van der Waals surface area contributed by atoms with E-state index in [0.717, 1.165) is 16.7 Å². The van der Waals surface area contributed by atoms with Crippen LogP contribution in [0.25, 0.3) is 6.08 Å². The van der Waals surface area contributed by atoms with Crippen molar-refractivity contribution in [1.82, 2.24) is 5.32 Å².